The van der Waals surface area contributed by atoms with Crippen LogP contribution in [-0.4, -0.2) is 28.6 Å². The highest BCUT2D eigenvalue weighted by atomic mass is 16.5. The zero-order chi connectivity index (χ0) is 12.0. The predicted octanol–water partition coefficient (Wildman–Crippen LogP) is 1.29. The summed E-state index contributed by atoms with van der Waals surface area (Å²) in [4.78, 5) is 0. The number of ether oxygens (including phenoxy) is 1. The van der Waals surface area contributed by atoms with Crippen molar-refractivity contribution in [3.8, 4) is 0 Å². The van der Waals surface area contributed by atoms with E-state index in [-0.39, 0.29) is 6.10 Å². The average Bonchev–Trinajstić information content (AvgIpc) is 2.69. The molecule has 0 aliphatic carbocycles. The van der Waals surface area contributed by atoms with Gasteiger partial charge in [-0.15, -0.1) is 5.10 Å². The number of unbranched alkanes of at least 4 members (excludes halogenated alkanes) is 1. The highest BCUT2D eigenvalue weighted by Gasteiger charge is 2.17. The van der Waals surface area contributed by atoms with E-state index in [0.717, 1.165) is 37.2 Å². The van der Waals surface area contributed by atoms with E-state index in [4.69, 9.17) is 10.5 Å². The van der Waals surface area contributed by atoms with Gasteiger partial charge in [-0.1, -0.05) is 18.6 Å². The Morgan fingerprint density at radius 2 is 2.25 bits per heavy atom. The van der Waals surface area contributed by atoms with E-state index >= 15 is 0 Å². The molecule has 0 fully saturated rings. The van der Waals surface area contributed by atoms with Crippen LogP contribution >= 0.6 is 0 Å². The molecular weight excluding hydrogens is 204 g/mol. The van der Waals surface area contributed by atoms with E-state index in [2.05, 4.69) is 17.2 Å². The van der Waals surface area contributed by atoms with Gasteiger partial charge in [-0.25, -0.2) is 4.68 Å². The van der Waals surface area contributed by atoms with E-state index in [1.165, 1.54) is 0 Å². The number of hydrogen-bond acceptors (Lipinski definition) is 4. The van der Waals surface area contributed by atoms with Gasteiger partial charge >= 0.3 is 0 Å². The number of nitrogens with two attached hydrogens (primary N) is 1. The molecule has 0 amide bonds. The smallest absolute Gasteiger partial charge is 0.0978 e. The molecule has 1 heterocycles. The molecule has 0 radical (unpaired) electrons. The molecule has 92 valence electrons. The molecule has 0 saturated carbocycles. The first-order valence-corrected chi connectivity index (χ1v) is 5.89. The van der Waals surface area contributed by atoms with Crippen LogP contribution in [0.15, 0.2) is 0 Å². The Hall–Kier alpha value is -0.940. The van der Waals surface area contributed by atoms with Crippen LogP contribution in [0.4, 0.5) is 0 Å². The number of nitrogens with zero attached hydrogens (tertiary/aromatic N) is 3. The Morgan fingerprint density at radius 1 is 1.50 bits per heavy atom. The van der Waals surface area contributed by atoms with E-state index in [1.54, 1.807) is 7.11 Å². The number of methoxy groups -OCH3 is 1. The number of aryl methyl sites for hydroxylation is 1. The summed E-state index contributed by atoms with van der Waals surface area (Å²) in [5.41, 5.74) is 7.60. The van der Waals surface area contributed by atoms with Gasteiger partial charge in [-0.05, 0) is 19.9 Å². The first kappa shape index (κ1) is 13.1. The lowest BCUT2D eigenvalue weighted by atomic mass is 10.1. The summed E-state index contributed by atoms with van der Waals surface area (Å²) in [5.74, 6) is 0. The normalized spacial score (nSPS) is 13.0. The molecule has 1 rings (SSSR count). The van der Waals surface area contributed by atoms with Crippen molar-refractivity contribution in [3.63, 3.8) is 0 Å². The van der Waals surface area contributed by atoms with Crippen molar-refractivity contribution < 1.29 is 4.74 Å². The van der Waals surface area contributed by atoms with Crippen molar-refractivity contribution in [1.82, 2.24) is 15.0 Å². The van der Waals surface area contributed by atoms with Crippen molar-refractivity contribution in [2.24, 2.45) is 5.73 Å². The molecule has 0 spiro atoms. The van der Waals surface area contributed by atoms with Crippen LogP contribution in [0, 0.1) is 0 Å². The first-order chi connectivity index (χ1) is 7.74. The molecule has 0 aromatic carbocycles. The SMILES string of the molecule is CCCCn1nnc(CCN)c1C(C)OC. The quantitative estimate of drug-likeness (QED) is 0.760. The molecule has 16 heavy (non-hydrogen) atoms. The zero-order valence-corrected chi connectivity index (χ0v) is 10.4. The summed E-state index contributed by atoms with van der Waals surface area (Å²) in [6.07, 6.45) is 3.03. The summed E-state index contributed by atoms with van der Waals surface area (Å²) < 4.78 is 7.31. The van der Waals surface area contributed by atoms with Gasteiger partial charge in [0.05, 0.1) is 17.5 Å². The van der Waals surface area contributed by atoms with Gasteiger partial charge in [-0.2, -0.15) is 0 Å². The van der Waals surface area contributed by atoms with Crippen LogP contribution in [-0.2, 0) is 17.7 Å². The second-order valence-electron chi connectivity index (χ2n) is 3.91. The topological polar surface area (TPSA) is 66.0 Å². The Kier molecular flexibility index (Phi) is 5.42. The second-order valence-corrected chi connectivity index (χ2v) is 3.91. The van der Waals surface area contributed by atoms with Gasteiger partial charge in [-0.3, -0.25) is 0 Å². The summed E-state index contributed by atoms with van der Waals surface area (Å²) in [5, 5.41) is 8.35. The minimum Gasteiger partial charge on any atom is -0.375 e. The van der Waals surface area contributed by atoms with Crippen LogP contribution < -0.4 is 5.73 Å². The highest BCUT2D eigenvalue weighted by Crippen LogP contribution is 2.19. The van der Waals surface area contributed by atoms with Crippen molar-refractivity contribution >= 4 is 0 Å². The minimum atomic E-state index is 0.0217. The van der Waals surface area contributed by atoms with Crippen LogP contribution in [0.5, 0.6) is 0 Å². The predicted molar refractivity (Wildman–Crippen MR) is 63.1 cm³/mol. The largest absolute Gasteiger partial charge is 0.375 e. The Labute approximate surface area is 97.0 Å². The van der Waals surface area contributed by atoms with Crippen LogP contribution in [0.2, 0.25) is 0 Å². The lowest BCUT2D eigenvalue weighted by molar-refractivity contribution is 0.110. The molecule has 1 aromatic heterocycles. The van der Waals surface area contributed by atoms with Gasteiger partial charge in [0, 0.05) is 20.1 Å². The summed E-state index contributed by atoms with van der Waals surface area (Å²) >= 11 is 0. The van der Waals surface area contributed by atoms with Crippen molar-refractivity contribution in [2.75, 3.05) is 13.7 Å². The maximum absolute atomic E-state index is 5.56. The van der Waals surface area contributed by atoms with Gasteiger partial charge < -0.3 is 10.5 Å². The van der Waals surface area contributed by atoms with Gasteiger partial charge in [0.15, 0.2) is 0 Å². The standard InChI is InChI=1S/C11H22N4O/c1-4-5-8-15-11(9(2)16-3)10(6-7-12)13-14-15/h9H,4-8,12H2,1-3H3. The Morgan fingerprint density at radius 3 is 2.81 bits per heavy atom. The molecule has 0 bridgehead atoms. The van der Waals surface area contributed by atoms with Crippen molar-refractivity contribution in [3.05, 3.63) is 11.4 Å². The molecule has 1 atom stereocenters. The molecule has 0 aliphatic heterocycles. The van der Waals surface area contributed by atoms with E-state index in [1.807, 2.05) is 11.6 Å². The maximum Gasteiger partial charge on any atom is 0.0978 e. The summed E-state index contributed by atoms with van der Waals surface area (Å²) in [7, 11) is 1.70. The van der Waals surface area contributed by atoms with Crippen LogP contribution in [0.25, 0.3) is 0 Å². The zero-order valence-electron chi connectivity index (χ0n) is 10.4. The number of hydrogen-bond donors (Lipinski definition) is 1. The van der Waals surface area contributed by atoms with Gasteiger partial charge in [0.1, 0.15) is 0 Å². The van der Waals surface area contributed by atoms with E-state index in [9.17, 15) is 0 Å². The number of rotatable bonds is 7. The van der Waals surface area contributed by atoms with Crippen molar-refractivity contribution in [1.29, 1.82) is 0 Å². The number of aromatic nitrogens is 3. The fourth-order valence-corrected chi connectivity index (χ4v) is 1.70. The summed E-state index contributed by atoms with van der Waals surface area (Å²) in [6, 6.07) is 0. The van der Waals surface area contributed by atoms with E-state index < -0.39 is 0 Å². The minimum absolute atomic E-state index is 0.0217. The maximum atomic E-state index is 5.56. The van der Waals surface area contributed by atoms with Crippen LogP contribution in [0.1, 0.15) is 44.2 Å². The Balaban J connectivity index is 2.89. The molecule has 5 heteroatoms. The third-order valence-electron chi connectivity index (χ3n) is 2.69. The van der Waals surface area contributed by atoms with Crippen LogP contribution in [0.3, 0.4) is 0 Å². The third-order valence-corrected chi connectivity index (χ3v) is 2.69. The third kappa shape index (κ3) is 3.02. The van der Waals surface area contributed by atoms with Gasteiger partial charge in [0.2, 0.25) is 0 Å². The lowest BCUT2D eigenvalue weighted by Gasteiger charge is -2.13. The second kappa shape index (κ2) is 6.60. The molecule has 0 aliphatic rings. The molecule has 0 saturated heterocycles. The monoisotopic (exact) mass is 226 g/mol. The lowest BCUT2D eigenvalue weighted by Crippen LogP contribution is -2.12. The first-order valence-electron chi connectivity index (χ1n) is 5.89. The van der Waals surface area contributed by atoms with E-state index in [0.29, 0.717) is 6.54 Å². The molecule has 1 aromatic rings. The summed E-state index contributed by atoms with van der Waals surface area (Å²) in [6.45, 7) is 5.67. The molecule has 5 nitrogen and oxygen atoms in total. The fourth-order valence-electron chi connectivity index (χ4n) is 1.70. The molecular formula is C11H22N4O. The van der Waals surface area contributed by atoms with Gasteiger partial charge in [0.25, 0.3) is 0 Å². The fraction of sp³-hybridized carbons (Fsp3) is 0.818. The molecule has 2 N–H and O–H groups in total. The Bertz CT molecular complexity index is 311. The van der Waals surface area contributed by atoms with Crippen molar-refractivity contribution in [2.45, 2.75) is 45.8 Å². The molecule has 1 unspecified atom stereocenters. The highest BCUT2D eigenvalue weighted by molar-refractivity contribution is 5.13. The average molecular weight is 226 g/mol.